The van der Waals surface area contributed by atoms with Crippen LogP contribution in [0.15, 0.2) is 76.4 Å². The van der Waals surface area contributed by atoms with Gasteiger partial charge in [-0.05, 0) is 56.3 Å². The van der Waals surface area contributed by atoms with Crippen LogP contribution in [0.2, 0.25) is 0 Å². The molecule has 1 atom stereocenters. The average Bonchev–Trinajstić information content (AvgIpc) is 3.26. The normalized spacial score (nSPS) is 12.7. The second kappa shape index (κ2) is 8.63. The number of carbonyl (C=O) groups is 1. The first-order valence-corrected chi connectivity index (χ1v) is 11.0. The zero-order valence-electron chi connectivity index (χ0n) is 19.1. The Hall–Kier alpha value is -4.47. The van der Waals surface area contributed by atoms with Gasteiger partial charge in [-0.25, -0.2) is 4.98 Å². The highest BCUT2D eigenvalue weighted by atomic mass is 19.4. The number of aromatic nitrogens is 3. The molecule has 0 aliphatic rings. The maximum atomic E-state index is 13.4. The van der Waals surface area contributed by atoms with E-state index >= 15 is 0 Å². The number of alkyl halides is 3. The number of nitrogens with zero attached hydrogens (tertiary/aromatic N) is 3. The van der Waals surface area contributed by atoms with E-state index in [0.717, 1.165) is 12.1 Å². The van der Waals surface area contributed by atoms with E-state index in [9.17, 15) is 22.8 Å². The van der Waals surface area contributed by atoms with Gasteiger partial charge in [0.2, 0.25) is 0 Å². The molecule has 1 aromatic carbocycles. The molecule has 1 amide bonds. The van der Waals surface area contributed by atoms with Crippen molar-refractivity contribution < 1.29 is 22.4 Å². The fourth-order valence-electron chi connectivity index (χ4n) is 4.11. The van der Waals surface area contributed by atoms with Gasteiger partial charge in [-0.15, -0.1) is 0 Å². The Morgan fingerprint density at radius 1 is 1.08 bits per heavy atom. The summed E-state index contributed by atoms with van der Waals surface area (Å²) in [4.78, 5) is 35.0. The summed E-state index contributed by atoms with van der Waals surface area (Å²) in [6.07, 6.45) is -0.148. The Morgan fingerprint density at radius 2 is 1.83 bits per heavy atom. The number of halogens is 3. The monoisotopic (exact) mass is 492 g/mol. The highest BCUT2D eigenvalue weighted by Gasteiger charge is 2.30. The van der Waals surface area contributed by atoms with Crippen LogP contribution in [-0.4, -0.2) is 20.4 Å². The number of benzene rings is 1. The van der Waals surface area contributed by atoms with Crippen molar-refractivity contribution in [2.24, 2.45) is 0 Å². The molecule has 0 radical (unpaired) electrons. The molecule has 0 fully saturated rings. The van der Waals surface area contributed by atoms with Crippen LogP contribution in [0.25, 0.3) is 27.5 Å². The summed E-state index contributed by atoms with van der Waals surface area (Å²) in [5, 5.41) is 4.02. The van der Waals surface area contributed by atoms with Gasteiger partial charge in [-0.3, -0.25) is 19.1 Å². The number of carbonyl (C=O) groups excluding carboxylic acids is 1. The highest BCUT2D eigenvalue weighted by molar-refractivity contribution is 6.08. The summed E-state index contributed by atoms with van der Waals surface area (Å²) in [5.41, 5.74) is -0.0156. The molecule has 0 aliphatic carbocycles. The molecule has 10 heteroatoms. The van der Waals surface area contributed by atoms with Crippen molar-refractivity contribution >= 4 is 27.7 Å². The maximum Gasteiger partial charge on any atom is 0.416 e. The molecule has 5 rings (SSSR count). The standard InChI is InChI=1S/C26H19F3N4O3/c1-14(21-5-3-4-10-30-21)32-24(34)16-11-19-20-13-36-15(2)22(20)25(35)33(23(19)31-12-16)18-8-6-17(7-9-18)26(27,28)29/h3-14H,1-2H3,(H,32,34)/t14-/m0/s1. The molecular weight excluding hydrogens is 473 g/mol. The number of hydrogen-bond acceptors (Lipinski definition) is 5. The Labute approximate surface area is 202 Å². The van der Waals surface area contributed by atoms with Crippen molar-refractivity contribution in [3.8, 4) is 5.69 Å². The molecule has 0 aliphatic heterocycles. The van der Waals surface area contributed by atoms with Gasteiger partial charge in [0.1, 0.15) is 11.4 Å². The van der Waals surface area contributed by atoms with Crippen molar-refractivity contribution in [2.75, 3.05) is 0 Å². The number of aryl methyl sites for hydroxylation is 1. The van der Waals surface area contributed by atoms with Crippen molar-refractivity contribution in [1.82, 2.24) is 19.9 Å². The zero-order valence-corrected chi connectivity index (χ0v) is 19.1. The molecule has 0 spiro atoms. The number of hydrogen-bond donors (Lipinski definition) is 1. The fraction of sp³-hybridized carbons (Fsp3) is 0.154. The van der Waals surface area contributed by atoms with Crippen LogP contribution in [-0.2, 0) is 6.18 Å². The van der Waals surface area contributed by atoms with Crippen LogP contribution in [0, 0.1) is 6.92 Å². The molecule has 5 aromatic rings. The summed E-state index contributed by atoms with van der Waals surface area (Å²) < 4.78 is 45.9. The van der Waals surface area contributed by atoms with Crippen LogP contribution in [0.4, 0.5) is 13.2 Å². The van der Waals surface area contributed by atoms with E-state index in [1.807, 2.05) is 6.07 Å². The minimum Gasteiger partial charge on any atom is -0.468 e. The van der Waals surface area contributed by atoms with E-state index in [1.165, 1.54) is 29.2 Å². The molecule has 0 saturated carbocycles. The summed E-state index contributed by atoms with van der Waals surface area (Å²) in [5.74, 6) is -0.0561. The molecule has 36 heavy (non-hydrogen) atoms. The molecule has 7 nitrogen and oxygen atoms in total. The number of amides is 1. The van der Waals surface area contributed by atoms with Gasteiger partial charge in [-0.2, -0.15) is 13.2 Å². The maximum absolute atomic E-state index is 13.4. The first kappa shape index (κ1) is 23.3. The van der Waals surface area contributed by atoms with Gasteiger partial charge < -0.3 is 9.73 Å². The average molecular weight is 492 g/mol. The molecule has 1 N–H and O–H groups in total. The van der Waals surface area contributed by atoms with Crippen LogP contribution < -0.4 is 10.9 Å². The summed E-state index contributed by atoms with van der Waals surface area (Å²) in [7, 11) is 0. The molecule has 4 aromatic heterocycles. The van der Waals surface area contributed by atoms with E-state index in [2.05, 4.69) is 15.3 Å². The van der Waals surface area contributed by atoms with Crippen molar-refractivity contribution in [1.29, 1.82) is 0 Å². The summed E-state index contributed by atoms with van der Waals surface area (Å²) in [6, 6.07) is 10.8. The predicted molar refractivity (Wildman–Crippen MR) is 127 cm³/mol. The lowest BCUT2D eigenvalue weighted by Crippen LogP contribution is -2.27. The minimum absolute atomic E-state index is 0.183. The van der Waals surface area contributed by atoms with Crippen LogP contribution in [0.3, 0.4) is 0 Å². The smallest absolute Gasteiger partial charge is 0.416 e. The number of rotatable bonds is 4. The van der Waals surface area contributed by atoms with Crippen molar-refractivity contribution in [3.05, 3.63) is 100 Å². The second-order valence-electron chi connectivity index (χ2n) is 8.31. The Morgan fingerprint density at radius 3 is 2.50 bits per heavy atom. The highest BCUT2D eigenvalue weighted by Crippen LogP contribution is 2.31. The van der Waals surface area contributed by atoms with Crippen LogP contribution in [0.5, 0.6) is 0 Å². The topological polar surface area (TPSA) is 90.0 Å². The lowest BCUT2D eigenvalue weighted by molar-refractivity contribution is -0.137. The molecular formula is C26H19F3N4O3. The first-order valence-electron chi connectivity index (χ1n) is 11.0. The Kier molecular flexibility index (Phi) is 5.58. The first-order chi connectivity index (χ1) is 17.1. The fourth-order valence-corrected chi connectivity index (χ4v) is 4.11. The van der Waals surface area contributed by atoms with Gasteiger partial charge in [-0.1, -0.05) is 6.07 Å². The summed E-state index contributed by atoms with van der Waals surface area (Å²) in [6.45, 7) is 3.42. The molecule has 0 unspecified atom stereocenters. The van der Waals surface area contributed by atoms with Gasteiger partial charge in [0.15, 0.2) is 0 Å². The third kappa shape index (κ3) is 4.00. The molecule has 0 saturated heterocycles. The number of furan rings is 1. The van der Waals surface area contributed by atoms with Crippen LogP contribution >= 0.6 is 0 Å². The summed E-state index contributed by atoms with van der Waals surface area (Å²) >= 11 is 0. The molecule has 0 bridgehead atoms. The van der Waals surface area contributed by atoms with Gasteiger partial charge in [0.25, 0.3) is 11.5 Å². The molecule has 182 valence electrons. The quantitative estimate of drug-likeness (QED) is 0.366. The third-order valence-electron chi connectivity index (χ3n) is 5.95. The number of fused-ring (bicyclic) bond motifs is 3. The van der Waals surface area contributed by atoms with Crippen molar-refractivity contribution in [3.63, 3.8) is 0 Å². The SMILES string of the molecule is Cc1occ2c1c(=O)n(-c1ccc(C(F)(F)F)cc1)c1ncc(C(=O)N[C@@H](C)c3ccccn3)cc21. The lowest BCUT2D eigenvalue weighted by atomic mass is 10.1. The number of pyridine rings is 3. The minimum atomic E-state index is -4.51. The predicted octanol–water partition coefficient (Wildman–Crippen LogP) is 5.35. The van der Waals surface area contributed by atoms with Gasteiger partial charge in [0.05, 0.1) is 40.2 Å². The largest absolute Gasteiger partial charge is 0.468 e. The lowest BCUT2D eigenvalue weighted by Gasteiger charge is -2.15. The molecule has 4 heterocycles. The Bertz CT molecular complexity index is 1660. The number of nitrogens with one attached hydrogen (secondary N) is 1. The van der Waals surface area contributed by atoms with Gasteiger partial charge in [0, 0.05) is 23.2 Å². The van der Waals surface area contributed by atoms with E-state index in [1.54, 1.807) is 38.2 Å². The zero-order chi connectivity index (χ0) is 25.6. The van der Waals surface area contributed by atoms with Crippen molar-refractivity contribution in [2.45, 2.75) is 26.1 Å². The van der Waals surface area contributed by atoms with Gasteiger partial charge >= 0.3 is 6.18 Å². The van der Waals surface area contributed by atoms with E-state index in [4.69, 9.17) is 4.42 Å². The Balaban J connectivity index is 1.64. The van der Waals surface area contributed by atoms with E-state index in [0.29, 0.717) is 22.2 Å². The third-order valence-corrected chi connectivity index (χ3v) is 5.95. The van der Waals surface area contributed by atoms with Crippen LogP contribution in [0.1, 0.15) is 40.3 Å². The van der Waals surface area contributed by atoms with E-state index in [-0.39, 0.29) is 28.3 Å². The van der Waals surface area contributed by atoms with E-state index < -0.39 is 23.2 Å². The second-order valence-corrected chi connectivity index (χ2v) is 8.31.